The number of benzene rings is 1. The Labute approximate surface area is 140 Å². The Hall–Kier alpha value is -2.45. The molecule has 0 saturated carbocycles. The number of aromatic amines is 1. The van der Waals surface area contributed by atoms with Crippen LogP contribution in [0, 0.1) is 0 Å². The molecule has 0 spiro atoms. The topological polar surface area (TPSA) is 87.7 Å². The molecule has 3 rings (SSSR count). The first-order chi connectivity index (χ1) is 11.2. The predicted molar refractivity (Wildman–Crippen MR) is 91.8 cm³/mol. The van der Waals surface area contributed by atoms with E-state index in [-0.39, 0.29) is 17.2 Å². The number of amides is 1. The molecule has 0 aliphatic rings. The molecular weight excluding hydrogens is 332 g/mol. The highest BCUT2D eigenvalue weighted by atomic mass is 32.2. The third kappa shape index (κ3) is 4.27. The number of carbonyl (C=O) groups is 1. The SMILES string of the molecule is O=C(CSc1nccc(=O)[nH]1)Nc1nc(-c2ccccc2)cs1. The van der Waals surface area contributed by atoms with Crippen molar-refractivity contribution in [2.75, 3.05) is 11.1 Å². The molecule has 0 fully saturated rings. The number of aromatic nitrogens is 3. The number of hydrogen-bond acceptors (Lipinski definition) is 6. The Morgan fingerprint density at radius 3 is 2.87 bits per heavy atom. The lowest BCUT2D eigenvalue weighted by Crippen LogP contribution is -2.15. The zero-order chi connectivity index (χ0) is 16.1. The van der Waals surface area contributed by atoms with Gasteiger partial charge in [0.25, 0.3) is 5.56 Å². The lowest BCUT2D eigenvalue weighted by molar-refractivity contribution is -0.113. The van der Waals surface area contributed by atoms with Gasteiger partial charge >= 0.3 is 0 Å². The summed E-state index contributed by atoms with van der Waals surface area (Å²) in [6.07, 6.45) is 1.41. The van der Waals surface area contributed by atoms with Crippen LogP contribution in [0.3, 0.4) is 0 Å². The fourth-order valence-electron chi connectivity index (χ4n) is 1.79. The second-order valence-corrected chi connectivity index (χ2v) is 6.30. The summed E-state index contributed by atoms with van der Waals surface area (Å²) in [7, 11) is 0. The lowest BCUT2D eigenvalue weighted by atomic mass is 10.2. The summed E-state index contributed by atoms with van der Waals surface area (Å²) in [5.41, 5.74) is 1.59. The summed E-state index contributed by atoms with van der Waals surface area (Å²) in [6.45, 7) is 0. The van der Waals surface area contributed by atoms with E-state index < -0.39 is 0 Å². The van der Waals surface area contributed by atoms with Crippen molar-refractivity contribution in [1.82, 2.24) is 15.0 Å². The minimum atomic E-state index is -0.240. The minimum absolute atomic E-state index is 0.146. The molecule has 2 heterocycles. The van der Waals surface area contributed by atoms with Gasteiger partial charge in [-0.25, -0.2) is 9.97 Å². The normalized spacial score (nSPS) is 10.4. The Morgan fingerprint density at radius 2 is 2.09 bits per heavy atom. The van der Waals surface area contributed by atoms with E-state index >= 15 is 0 Å². The lowest BCUT2D eigenvalue weighted by Gasteiger charge is -2.01. The van der Waals surface area contributed by atoms with E-state index in [1.54, 1.807) is 0 Å². The fraction of sp³-hybridized carbons (Fsp3) is 0.0667. The molecule has 8 heteroatoms. The molecule has 6 nitrogen and oxygen atoms in total. The second kappa shape index (κ2) is 7.21. The van der Waals surface area contributed by atoms with Crippen LogP contribution in [0.15, 0.2) is 57.9 Å². The maximum absolute atomic E-state index is 11.9. The van der Waals surface area contributed by atoms with E-state index in [0.717, 1.165) is 23.0 Å². The number of carbonyl (C=O) groups excluding carboxylic acids is 1. The molecule has 116 valence electrons. The third-order valence-electron chi connectivity index (χ3n) is 2.81. The van der Waals surface area contributed by atoms with Crippen molar-refractivity contribution in [1.29, 1.82) is 0 Å². The number of thioether (sulfide) groups is 1. The molecule has 0 unspecified atom stereocenters. The van der Waals surface area contributed by atoms with Gasteiger partial charge in [-0.05, 0) is 0 Å². The number of nitrogens with zero attached hydrogens (tertiary/aromatic N) is 2. The molecule has 0 bridgehead atoms. The molecule has 2 N–H and O–H groups in total. The zero-order valence-electron chi connectivity index (χ0n) is 11.9. The highest BCUT2D eigenvalue weighted by Gasteiger charge is 2.09. The molecule has 3 aromatic rings. The van der Waals surface area contributed by atoms with Crippen molar-refractivity contribution in [2.45, 2.75) is 5.16 Å². The van der Waals surface area contributed by atoms with Gasteiger partial charge in [-0.3, -0.25) is 9.59 Å². The number of H-pyrrole nitrogens is 1. The van der Waals surface area contributed by atoms with Crippen LogP contribution in [-0.2, 0) is 4.79 Å². The van der Waals surface area contributed by atoms with E-state index in [2.05, 4.69) is 20.3 Å². The Kier molecular flexibility index (Phi) is 4.84. The first-order valence-electron chi connectivity index (χ1n) is 6.69. The van der Waals surface area contributed by atoms with Crippen molar-refractivity contribution < 1.29 is 4.79 Å². The first kappa shape index (κ1) is 15.4. The summed E-state index contributed by atoms with van der Waals surface area (Å²) in [5.74, 6) is -0.0526. The third-order valence-corrected chi connectivity index (χ3v) is 4.45. The standard InChI is InChI=1S/C15H12N4O2S2/c20-12-6-7-16-14(18-12)23-9-13(21)19-15-17-11(8-22-15)10-4-2-1-3-5-10/h1-8H,9H2,(H,16,18,20)(H,17,19,21). The largest absolute Gasteiger partial charge is 0.301 e. The second-order valence-electron chi connectivity index (χ2n) is 4.48. The molecule has 1 aromatic carbocycles. The summed E-state index contributed by atoms with van der Waals surface area (Å²) in [6, 6.07) is 11.1. The van der Waals surface area contributed by atoms with E-state index in [0.29, 0.717) is 10.3 Å². The Balaban J connectivity index is 1.58. The number of nitrogens with one attached hydrogen (secondary N) is 2. The monoisotopic (exact) mass is 344 g/mol. The van der Waals surface area contributed by atoms with Crippen LogP contribution in [0.25, 0.3) is 11.3 Å². The van der Waals surface area contributed by atoms with E-state index in [1.807, 2.05) is 35.7 Å². The molecule has 23 heavy (non-hydrogen) atoms. The van der Waals surface area contributed by atoms with Gasteiger partial charge in [0.05, 0.1) is 11.4 Å². The van der Waals surface area contributed by atoms with Gasteiger partial charge in [0.1, 0.15) is 0 Å². The van der Waals surface area contributed by atoms with Crippen LogP contribution in [0.2, 0.25) is 0 Å². The number of rotatable bonds is 5. The molecule has 0 radical (unpaired) electrons. The van der Waals surface area contributed by atoms with Gasteiger partial charge in [0.2, 0.25) is 5.91 Å². The van der Waals surface area contributed by atoms with Gasteiger partial charge < -0.3 is 10.3 Å². The summed E-state index contributed by atoms with van der Waals surface area (Å²) in [4.78, 5) is 34.0. The maximum Gasteiger partial charge on any atom is 0.251 e. The van der Waals surface area contributed by atoms with Crippen molar-refractivity contribution in [3.05, 3.63) is 58.3 Å². The van der Waals surface area contributed by atoms with Gasteiger partial charge in [-0.1, -0.05) is 42.1 Å². The van der Waals surface area contributed by atoms with Gasteiger partial charge in [0, 0.05) is 23.2 Å². The highest BCUT2D eigenvalue weighted by Crippen LogP contribution is 2.24. The predicted octanol–water partition coefficient (Wildman–Crippen LogP) is 2.62. The van der Waals surface area contributed by atoms with Gasteiger partial charge in [-0.2, -0.15) is 0 Å². The van der Waals surface area contributed by atoms with Crippen LogP contribution in [0.5, 0.6) is 0 Å². The summed E-state index contributed by atoms with van der Waals surface area (Å²) >= 11 is 2.53. The van der Waals surface area contributed by atoms with Crippen LogP contribution in [-0.4, -0.2) is 26.6 Å². The van der Waals surface area contributed by atoms with Crippen molar-refractivity contribution >= 4 is 34.1 Å². The van der Waals surface area contributed by atoms with Crippen molar-refractivity contribution in [3.8, 4) is 11.3 Å². The number of anilines is 1. The number of hydrogen-bond donors (Lipinski definition) is 2. The van der Waals surface area contributed by atoms with Crippen LogP contribution in [0.1, 0.15) is 0 Å². The quantitative estimate of drug-likeness (QED) is 0.549. The molecular formula is C15H12N4O2S2. The zero-order valence-corrected chi connectivity index (χ0v) is 13.5. The van der Waals surface area contributed by atoms with Crippen molar-refractivity contribution in [2.24, 2.45) is 0 Å². The average molecular weight is 344 g/mol. The molecule has 0 atom stereocenters. The first-order valence-corrected chi connectivity index (χ1v) is 8.56. The minimum Gasteiger partial charge on any atom is -0.301 e. The van der Waals surface area contributed by atoms with Crippen LogP contribution >= 0.6 is 23.1 Å². The fourth-order valence-corrected chi connectivity index (χ4v) is 3.17. The Bertz CT molecular complexity index is 861. The molecule has 1 amide bonds. The Morgan fingerprint density at radius 1 is 1.26 bits per heavy atom. The maximum atomic E-state index is 11.9. The summed E-state index contributed by atoms with van der Waals surface area (Å²) in [5, 5.41) is 5.60. The van der Waals surface area contributed by atoms with Gasteiger partial charge in [-0.15, -0.1) is 11.3 Å². The highest BCUT2D eigenvalue weighted by molar-refractivity contribution is 7.99. The van der Waals surface area contributed by atoms with E-state index in [9.17, 15) is 9.59 Å². The van der Waals surface area contributed by atoms with Gasteiger partial charge in [0.15, 0.2) is 10.3 Å². The van der Waals surface area contributed by atoms with E-state index in [4.69, 9.17) is 0 Å². The van der Waals surface area contributed by atoms with E-state index in [1.165, 1.54) is 23.6 Å². The van der Waals surface area contributed by atoms with Crippen LogP contribution < -0.4 is 10.9 Å². The average Bonchev–Trinajstić information content (AvgIpc) is 3.02. The molecule has 0 saturated heterocycles. The number of thiazole rings is 1. The molecule has 2 aromatic heterocycles. The molecule has 0 aliphatic heterocycles. The smallest absolute Gasteiger partial charge is 0.251 e. The van der Waals surface area contributed by atoms with Crippen LogP contribution in [0.4, 0.5) is 5.13 Å². The molecule has 0 aliphatic carbocycles. The van der Waals surface area contributed by atoms with Crippen molar-refractivity contribution in [3.63, 3.8) is 0 Å². The summed E-state index contributed by atoms with van der Waals surface area (Å²) < 4.78 is 0.